The first-order valence-electron chi connectivity index (χ1n) is 7.09. The maximum Gasteiger partial charge on any atom is 0.240 e. The zero-order chi connectivity index (χ0) is 15.3. The van der Waals surface area contributed by atoms with Crippen molar-refractivity contribution in [3.63, 3.8) is 0 Å². The highest BCUT2D eigenvalue weighted by Crippen LogP contribution is 2.22. The molecular weight excluding hydrogens is 326 g/mol. The van der Waals surface area contributed by atoms with Crippen LogP contribution in [0.1, 0.15) is 24.8 Å². The SMILES string of the molecule is Cl.NCCNC(=O)CCc1ccc(S(=O)(=O)NC2CC2)cc1. The predicted molar refractivity (Wildman–Crippen MR) is 87.4 cm³/mol. The van der Waals surface area contributed by atoms with Crippen LogP contribution in [0, 0.1) is 0 Å². The van der Waals surface area contributed by atoms with Gasteiger partial charge in [0.25, 0.3) is 0 Å². The van der Waals surface area contributed by atoms with Crippen molar-refractivity contribution >= 4 is 28.3 Å². The van der Waals surface area contributed by atoms with Gasteiger partial charge in [0.05, 0.1) is 4.90 Å². The second-order valence-corrected chi connectivity index (χ2v) is 6.89. The summed E-state index contributed by atoms with van der Waals surface area (Å²) in [6, 6.07) is 6.76. The minimum atomic E-state index is -3.40. The molecule has 0 spiro atoms. The minimum Gasteiger partial charge on any atom is -0.355 e. The van der Waals surface area contributed by atoms with Crippen molar-refractivity contribution in [2.75, 3.05) is 13.1 Å². The van der Waals surface area contributed by atoms with Crippen molar-refractivity contribution in [3.05, 3.63) is 29.8 Å². The Morgan fingerprint density at radius 3 is 2.41 bits per heavy atom. The van der Waals surface area contributed by atoms with Gasteiger partial charge in [-0.05, 0) is 37.0 Å². The van der Waals surface area contributed by atoms with Crippen LogP contribution >= 0.6 is 12.4 Å². The summed E-state index contributed by atoms with van der Waals surface area (Å²) in [4.78, 5) is 11.7. The molecule has 2 rings (SSSR count). The minimum absolute atomic E-state index is 0. The molecule has 0 heterocycles. The van der Waals surface area contributed by atoms with Crippen LogP contribution < -0.4 is 15.8 Å². The molecule has 1 aliphatic carbocycles. The lowest BCUT2D eigenvalue weighted by Crippen LogP contribution is -2.29. The third-order valence-corrected chi connectivity index (χ3v) is 4.78. The van der Waals surface area contributed by atoms with E-state index in [1.54, 1.807) is 24.3 Å². The highest BCUT2D eigenvalue weighted by atomic mass is 35.5. The van der Waals surface area contributed by atoms with E-state index in [1.165, 1.54) is 0 Å². The van der Waals surface area contributed by atoms with E-state index >= 15 is 0 Å². The third kappa shape index (κ3) is 5.92. The standard InChI is InChI=1S/C14H21N3O3S.ClH/c15-9-10-16-14(18)8-3-11-1-6-13(7-2-11)21(19,20)17-12-4-5-12;/h1-2,6-7,12,17H,3-5,8-10,15H2,(H,16,18);1H. The summed E-state index contributed by atoms with van der Waals surface area (Å²) in [7, 11) is -3.40. The van der Waals surface area contributed by atoms with E-state index in [4.69, 9.17) is 5.73 Å². The number of amides is 1. The molecule has 1 fully saturated rings. The van der Waals surface area contributed by atoms with Gasteiger partial charge in [0, 0.05) is 25.6 Å². The maximum absolute atomic E-state index is 12.0. The normalized spacial score (nSPS) is 14.2. The van der Waals surface area contributed by atoms with Crippen molar-refractivity contribution in [3.8, 4) is 0 Å². The molecule has 1 aromatic carbocycles. The number of hydrogen-bond acceptors (Lipinski definition) is 4. The van der Waals surface area contributed by atoms with Crippen LogP contribution in [0.3, 0.4) is 0 Å². The van der Waals surface area contributed by atoms with Gasteiger partial charge in [-0.3, -0.25) is 4.79 Å². The smallest absolute Gasteiger partial charge is 0.240 e. The molecule has 0 unspecified atom stereocenters. The van der Waals surface area contributed by atoms with Gasteiger partial charge in [0.2, 0.25) is 15.9 Å². The van der Waals surface area contributed by atoms with E-state index in [9.17, 15) is 13.2 Å². The summed E-state index contributed by atoms with van der Waals surface area (Å²) in [6.07, 6.45) is 2.77. The lowest BCUT2D eigenvalue weighted by Gasteiger charge is -2.07. The summed E-state index contributed by atoms with van der Waals surface area (Å²) in [5, 5.41) is 2.70. The maximum atomic E-state index is 12.0. The quantitative estimate of drug-likeness (QED) is 0.639. The van der Waals surface area contributed by atoms with Gasteiger partial charge >= 0.3 is 0 Å². The second-order valence-electron chi connectivity index (χ2n) is 5.18. The summed E-state index contributed by atoms with van der Waals surface area (Å²) >= 11 is 0. The van der Waals surface area contributed by atoms with E-state index < -0.39 is 10.0 Å². The van der Waals surface area contributed by atoms with E-state index in [0.29, 0.717) is 25.9 Å². The van der Waals surface area contributed by atoms with Gasteiger partial charge in [-0.2, -0.15) is 0 Å². The van der Waals surface area contributed by atoms with E-state index in [1.807, 2.05) is 0 Å². The number of benzene rings is 1. The number of carbonyl (C=O) groups excluding carboxylic acids is 1. The highest BCUT2D eigenvalue weighted by molar-refractivity contribution is 7.89. The number of rotatable bonds is 8. The number of nitrogens with two attached hydrogens (primary N) is 1. The van der Waals surface area contributed by atoms with Crippen LogP contribution in [0.25, 0.3) is 0 Å². The third-order valence-electron chi connectivity index (χ3n) is 3.24. The summed E-state index contributed by atoms with van der Waals surface area (Å²) in [5.74, 6) is -0.0486. The molecule has 6 nitrogen and oxygen atoms in total. The summed E-state index contributed by atoms with van der Waals surface area (Å²) in [5.41, 5.74) is 6.24. The molecule has 124 valence electrons. The zero-order valence-electron chi connectivity index (χ0n) is 12.2. The Bertz CT molecular complexity index is 586. The highest BCUT2D eigenvalue weighted by Gasteiger charge is 2.27. The number of halogens is 1. The van der Waals surface area contributed by atoms with Gasteiger partial charge in [-0.1, -0.05) is 12.1 Å². The first-order valence-corrected chi connectivity index (χ1v) is 8.57. The fraction of sp³-hybridized carbons (Fsp3) is 0.500. The fourth-order valence-corrected chi connectivity index (χ4v) is 3.19. The lowest BCUT2D eigenvalue weighted by molar-refractivity contribution is -0.120. The fourth-order valence-electron chi connectivity index (χ4n) is 1.88. The van der Waals surface area contributed by atoms with E-state index in [0.717, 1.165) is 18.4 Å². The number of aryl methyl sites for hydroxylation is 1. The Kier molecular flexibility index (Phi) is 7.28. The van der Waals surface area contributed by atoms with Crippen LogP contribution in [-0.4, -0.2) is 33.5 Å². The number of nitrogens with one attached hydrogen (secondary N) is 2. The van der Waals surface area contributed by atoms with E-state index in [-0.39, 0.29) is 29.3 Å². The molecule has 1 saturated carbocycles. The Hall–Kier alpha value is -1.15. The molecule has 0 radical (unpaired) electrons. The van der Waals surface area contributed by atoms with Crippen molar-refractivity contribution in [2.45, 2.75) is 36.6 Å². The monoisotopic (exact) mass is 347 g/mol. The van der Waals surface area contributed by atoms with Crippen LogP contribution in [-0.2, 0) is 21.2 Å². The van der Waals surface area contributed by atoms with Crippen LogP contribution in [0.2, 0.25) is 0 Å². The van der Waals surface area contributed by atoms with E-state index in [2.05, 4.69) is 10.0 Å². The molecule has 22 heavy (non-hydrogen) atoms. The van der Waals surface area contributed by atoms with Crippen LogP contribution in [0.15, 0.2) is 29.2 Å². The average molecular weight is 348 g/mol. The van der Waals surface area contributed by atoms with Gasteiger partial charge in [0.1, 0.15) is 0 Å². The molecule has 0 aliphatic heterocycles. The van der Waals surface area contributed by atoms with Crippen molar-refractivity contribution < 1.29 is 13.2 Å². The van der Waals surface area contributed by atoms with Gasteiger partial charge in [-0.15, -0.1) is 12.4 Å². The molecule has 0 saturated heterocycles. The Labute approximate surface area is 137 Å². The molecule has 1 amide bonds. The summed E-state index contributed by atoms with van der Waals surface area (Å²) < 4.78 is 26.6. The molecule has 4 N–H and O–H groups in total. The second kappa shape index (κ2) is 8.47. The number of carbonyl (C=O) groups is 1. The van der Waals surface area contributed by atoms with Crippen LogP contribution in [0.5, 0.6) is 0 Å². The van der Waals surface area contributed by atoms with Gasteiger partial charge in [-0.25, -0.2) is 13.1 Å². The predicted octanol–water partition coefficient (Wildman–Crippen LogP) is 0.557. The lowest BCUT2D eigenvalue weighted by atomic mass is 10.1. The number of sulfonamides is 1. The molecule has 0 bridgehead atoms. The topological polar surface area (TPSA) is 101 Å². The summed E-state index contributed by atoms with van der Waals surface area (Å²) in [6.45, 7) is 0.898. The zero-order valence-corrected chi connectivity index (χ0v) is 13.9. The van der Waals surface area contributed by atoms with Gasteiger partial charge in [0.15, 0.2) is 0 Å². The molecule has 0 atom stereocenters. The molecule has 1 aromatic rings. The first-order chi connectivity index (χ1) is 10.0. The van der Waals surface area contributed by atoms with Crippen molar-refractivity contribution in [1.82, 2.24) is 10.0 Å². The van der Waals surface area contributed by atoms with Gasteiger partial charge < -0.3 is 11.1 Å². The molecule has 1 aliphatic rings. The van der Waals surface area contributed by atoms with Crippen molar-refractivity contribution in [1.29, 1.82) is 0 Å². The first kappa shape index (κ1) is 18.9. The Balaban J connectivity index is 0.00000242. The molecule has 0 aromatic heterocycles. The molecular formula is C14H22ClN3O3S. The largest absolute Gasteiger partial charge is 0.355 e. The molecule has 8 heteroatoms. The number of hydrogen-bond donors (Lipinski definition) is 3. The Morgan fingerprint density at radius 1 is 1.23 bits per heavy atom. The van der Waals surface area contributed by atoms with Crippen LogP contribution in [0.4, 0.5) is 0 Å². The average Bonchev–Trinajstić information content (AvgIpc) is 3.26. The van der Waals surface area contributed by atoms with Crippen molar-refractivity contribution in [2.24, 2.45) is 5.73 Å². The Morgan fingerprint density at radius 2 is 1.86 bits per heavy atom.